The molecule has 0 fully saturated rings. The first-order valence-electron chi connectivity index (χ1n) is 4.80. The molecule has 5 nitrogen and oxygen atoms in total. The quantitative estimate of drug-likeness (QED) is 0.609. The summed E-state index contributed by atoms with van der Waals surface area (Å²) in [5, 5.41) is 3.27. The van der Waals surface area contributed by atoms with Gasteiger partial charge in [0.05, 0.1) is 12.9 Å². The molecule has 0 aliphatic rings. The number of hydrogen-bond donors (Lipinski definition) is 2. The number of anilines is 1. The molecule has 80 valence electrons. The summed E-state index contributed by atoms with van der Waals surface area (Å²) < 4.78 is 6.91. The van der Waals surface area contributed by atoms with Gasteiger partial charge >= 0.3 is 0 Å². The Hall–Kier alpha value is -1.07. The first kappa shape index (κ1) is 11.0. The molecule has 0 saturated carbocycles. The Balaban J connectivity index is 1.99. The van der Waals surface area contributed by atoms with Gasteiger partial charge in [0, 0.05) is 26.4 Å². The van der Waals surface area contributed by atoms with Crippen LogP contribution in [0.1, 0.15) is 6.42 Å². The van der Waals surface area contributed by atoms with Crippen LogP contribution in [-0.4, -0.2) is 36.4 Å². The number of aromatic nitrogens is 2. The monoisotopic (exact) mass is 198 g/mol. The minimum absolute atomic E-state index is 0.581. The van der Waals surface area contributed by atoms with E-state index in [1.807, 2.05) is 10.8 Å². The number of methoxy groups -OCH3 is 1. The second-order valence-electron chi connectivity index (χ2n) is 3.13. The molecule has 14 heavy (non-hydrogen) atoms. The molecule has 0 bridgehead atoms. The zero-order chi connectivity index (χ0) is 10.2. The average Bonchev–Trinajstić information content (AvgIpc) is 2.58. The number of imidazole rings is 1. The molecule has 1 aromatic heterocycles. The number of rotatable bonds is 7. The Morgan fingerprint density at radius 1 is 1.57 bits per heavy atom. The molecule has 0 aromatic carbocycles. The van der Waals surface area contributed by atoms with Gasteiger partial charge in [-0.2, -0.15) is 0 Å². The van der Waals surface area contributed by atoms with Gasteiger partial charge in [-0.15, -0.1) is 0 Å². The van der Waals surface area contributed by atoms with Crippen molar-refractivity contribution in [2.45, 2.75) is 13.0 Å². The largest absolute Gasteiger partial charge is 0.383 e. The normalized spacial score (nSPS) is 10.6. The van der Waals surface area contributed by atoms with E-state index in [0.29, 0.717) is 5.82 Å². The van der Waals surface area contributed by atoms with Crippen molar-refractivity contribution in [1.82, 2.24) is 14.9 Å². The van der Waals surface area contributed by atoms with Crippen LogP contribution in [0.5, 0.6) is 0 Å². The van der Waals surface area contributed by atoms with Crippen LogP contribution >= 0.6 is 0 Å². The van der Waals surface area contributed by atoms with Gasteiger partial charge in [0.25, 0.3) is 0 Å². The molecule has 0 aliphatic carbocycles. The third kappa shape index (κ3) is 4.25. The second kappa shape index (κ2) is 6.39. The van der Waals surface area contributed by atoms with Crippen LogP contribution in [0.15, 0.2) is 12.5 Å². The van der Waals surface area contributed by atoms with E-state index in [9.17, 15) is 0 Å². The van der Waals surface area contributed by atoms with Crippen molar-refractivity contribution in [1.29, 1.82) is 0 Å². The zero-order valence-corrected chi connectivity index (χ0v) is 8.57. The molecular weight excluding hydrogens is 180 g/mol. The molecule has 1 rings (SSSR count). The maximum atomic E-state index is 5.48. The fourth-order valence-electron chi connectivity index (χ4n) is 1.19. The van der Waals surface area contributed by atoms with Gasteiger partial charge in [0.2, 0.25) is 0 Å². The van der Waals surface area contributed by atoms with Gasteiger partial charge in [0.15, 0.2) is 0 Å². The Morgan fingerprint density at radius 3 is 3.07 bits per heavy atom. The average molecular weight is 198 g/mol. The van der Waals surface area contributed by atoms with Crippen LogP contribution in [0.4, 0.5) is 5.82 Å². The summed E-state index contributed by atoms with van der Waals surface area (Å²) in [5.41, 5.74) is 5.48. The number of nitrogens with two attached hydrogens (primary N) is 1. The van der Waals surface area contributed by atoms with Crippen molar-refractivity contribution in [3.8, 4) is 0 Å². The topological polar surface area (TPSA) is 65.1 Å². The molecule has 0 atom stereocenters. The predicted molar refractivity (Wildman–Crippen MR) is 56.0 cm³/mol. The maximum absolute atomic E-state index is 5.48. The lowest BCUT2D eigenvalue weighted by molar-refractivity contribution is 0.199. The van der Waals surface area contributed by atoms with E-state index in [1.54, 1.807) is 13.4 Å². The van der Waals surface area contributed by atoms with Crippen molar-refractivity contribution in [3.63, 3.8) is 0 Å². The van der Waals surface area contributed by atoms with Crippen molar-refractivity contribution in [2.75, 3.05) is 32.5 Å². The van der Waals surface area contributed by atoms with Gasteiger partial charge in [-0.3, -0.25) is 0 Å². The minimum atomic E-state index is 0.581. The lowest BCUT2D eigenvalue weighted by atomic mass is 10.4. The van der Waals surface area contributed by atoms with Crippen LogP contribution in [0.2, 0.25) is 0 Å². The summed E-state index contributed by atoms with van der Waals surface area (Å²) >= 11 is 0. The lowest BCUT2D eigenvalue weighted by Crippen LogP contribution is -2.21. The predicted octanol–water partition coefficient (Wildman–Crippen LogP) is 0.0914. The summed E-state index contributed by atoms with van der Waals surface area (Å²) in [5.74, 6) is 0.581. The van der Waals surface area contributed by atoms with Gasteiger partial charge in [0.1, 0.15) is 5.82 Å². The molecule has 1 aromatic rings. The standard InChI is InChI=1S/C9H18N4O/c1-14-6-4-11-3-2-5-13-7-9(10)12-8-13/h7-8,11H,2-6,10H2,1H3. The molecule has 5 heteroatoms. The first-order valence-corrected chi connectivity index (χ1v) is 4.80. The van der Waals surface area contributed by atoms with E-state index in [4.69, 9.17) is 10.5 Å². The minimum Gasteiger partial charge on any atom is -0.383 e. The van der Waals surface area contributed by atoms with Crippen LogP contribution in [-0.2, 0) is 11.3 Å². The Morgan fingerprint density at radius 2 is 2.43 bits per heavy atom. The maximum Gasteiger partial charge on any atom is 0.141 e. The summed E-state index contributed by atoms with van der Waals surface area (Å²) in [6.45, 7) is 3.60. The van der Waals surface area contributed by atoms with Gasteiger partial charge in [-0.1, -0.05) is 0 Å². The number of nitrogen functional groups attached to an aromatic ring is 1. The highest BCUT2D eigenvalue weighted by Crippen LogP contribution is 1.97. The molecule has 1 heterocycles. The van der Waals surface area contributed by atoms with E-state index < -0.39 is 0 Å². The summed E-state index contributed by atoms with van der Waals surface area (Å²) in [4.78, 5) is 3.95. The molecule has 0 radical (unpaired) electrons. The van der Waals surface area contributed by atoms with E-state index >= 15 is 0 Å². The Kier molecular flexibility index (Phi) is 5.03. The van der Waals surface area contributed by atoms with E-state index in [0.717, 1.165) is 32.7 Å². The smallest absolute Gasteiger partial charge is 0.141 e. The lowest BCUT2D eigenvalue weighted by Gasteiger charge is -2.04. The fraction of sp³-hybridized carbons (Fsp3) is 0.667. The third-order valence-corrected chi connectivity index (χ3v) is 1.91. The second-order valence-corrected chi connectivity index (χ2v) is 3.13. The van der Waals surface area contributed by atoms with E-state index in [1.165, 1.54) is 0 Å². The van der Waals surface area contributed by atoms with Crippen LogP contribution in [0.25, 0.3) is 0 Å². The summed E-state index contributed by atoms with van der Waals surface area (Å²) in [7, 11) is 1.70. The molecule has 0 amide bonds. The number of nitrogens with zero attached hydrogens (tertiary/aromatic N) is 2. The number of hydrogen-bond acceptors (Lipinski definition) is 4. The third-order valence-electron chi connectivity index (χ3n) is 1.91. The van der Waals surface area contributed by atoms with E-state index in [-0.39, 0.29) is 0 Å². The van der Waals surface area contributed by atoms with Gasteiger partial charge in [-0.25, -0.2) is 4.98 Å². The first-order chi connectivity index (χ1) is 6.83. The number of nitrogens with one attached hydrogen (secondary N) is 1. The van der Waals surface area contributed by atoms with Crippen LogP contribution in [0, 0.1) is 0 Å². The molecule has 0 unspecified atom stereocenters. The van der Waals surface area contributed by atoms with Gasteiger partial charge < -0.3 is 20.4 Å². The van der Waals surface area contributed by atoms with Crippen molar-refractivity contribution < 1.29 is 4.74 Å². The molecule has 0 saturated heterocycles. The highest BCUT2D eigenvalue weighted by molar-refractivity contribution is 5.22. The SMILES string of the molecule is COCCNCCCn1cnc(N)c1. The van der Waals surface area contributed by atoms with Crippen molar-refractivity contribution >= 4 is 5.82 Å². The van der Waals surface area contributed by atoms with E-state index in [2.05, 4.69) is 10.3 Å². The van der Waals surface area contributed by atoms with Crippen molar-refractivity contribution in [3.05, 3.63) is 12.5 Å². The summed E-state index contributed by atoms with van der Waals surface area (Å²) in [6.07, 6.45) is 4.67. The van der Waals surface area contributed by atoms with Crippen molar-refractivity contribution in [2.24, 2.45) is 0 Å². The molecule has 0 aliphatic heterocycles. The Labute approximate surface area is 84.3 Å². The number of aryl methyl sites for hydroxylation is 1. The summed E-state index contributed by atoms with van der Waals surface area (Å²) in [6, 6.07) is 0. The van der Waals surface area contributed by atoms with Crippen LogP contribution < -0.4 is 11.1 Å². The molecule has 3 N–H and O–H groups in total. The molecular formula is C9H18N4O. The molecule has 0 spiro atoms. The zero-order valence-electron chi connectivity index (χ0n) is 8.57. The fourth-order valence-corrected chi connectivity index (χ4v) is 1.19. The number of ether oxygens (including phenoxy) is 1. The van der Waals surface area contributed by atoms with Crippen LogP contribution in [0.3, 0.4) is 0 Å². The Bertz CT molecular complexity index is 249. The van der Waals surface area contributed by atoms with Gasteiger partial charge in [-0.05, 0) is 13.0 Å². The highest BCUT2D eigenvalue weighted by Gasteiger charge is 1.93. The highest BCUT2D eigenvalue weighted by atomic mass is 16.5.